The van der Waals surface area contributed by atoms with E-state index in [9.17, 15) is 119 Å². The fourth-order valence-electron chi connectivity index (χ4n) is 5.51. The Kier molecular flexibility index (Phi) is 43.0. The first kappa shape index (κ1) is 88.0. The zero-order chi connectivity index (χ0) is 63.3. The van der Waals surface area contributed by atoms with Crippen LogP contribution in [0.5, 0.6) is 0 Å². The molecule has 0 aliphatic rings. The summed E-state index contributed by atoms with van der Waals surface area (Å²) in [7, 11) is 0. The van der Waals surface area contributed by atoms with E-state index in [4.69, 9.17) is 0 Å². The molecule has 0 nitrogen and oxygen atoms in total. The first-order valence-electron chi connectivity index (χ1n) is 24.7. The van der Waals surface area contributed by atoms with E-state index in [1.165, 1.54) is 48.5 Å². The van der Waals surface area contributed by atoms with Gasteiger partial charge in [-0.25, -0.2) is 0 Å². The van der Waals surface area contributed by atoms with Crippen LogP contribution in [-0.4, -0.2) is 55.6 Å². The van der Waals surface area contributed by atoms with Gasteiger partial charge in [0.05, 0.1) is 16.7 Å². The van der Waals surface area contributed by atoms with Gasteiger partial charge in [-0.1, -0.05) is 169 Å². The second-order valence-corrected chi connectivity index (χ2v) is 20.5. The Balaban J connectivity index is -0.000000147. The van der Waals surface area contributed by atoms with Crippen molar-refractivity contribution in [2.24, 2.45) is 58.2 Å². The number of unbranched alkanes of at least 4 members (excludes halogenated alkanes) is 1. The van der Waals surface area contributed by atoms with E-state index in [0.717, 1.165) is 6.42 Å². The van der Waals surface area contributed by atoms with Crippen LogP contribution in [0.2, 0.25) is 0 Å². The van der Waals surface area contributed by atoms with Gasteiger partial charge in [-0.15, -0.1) is 0 Å². The minimum atomic E-state index is -5.19. The second-order valence-electron chi connectivity index (χ2n) is 20.5. The standard InChI is InChI=1S/2C7H10F6.5C7H13F3/c1-4(2)3-5(6(8,9)10)7(11,12)13;1-2-3-4-5(6(8,9)10)7(11,12)13;1-5(2)6(3,4)7(8,9)10;1-4-5-6(2,3)7(8,9)10;1-4-5(2)6(3)7(8,9)10;1-3-4-6(2)5-7(8,9)10;1-3-6(4-2)5-7(8,9)10/h4-5H,3H2,1-2H3;5H,2-4H2,1H3;5H,1-4H3;4-5H2,1-3H3;5-6H,4H2,1-3H3;2*6H,3-5H2,1-2H3/t;;;;5-,6?;6-;/m....00./s1. The van der Waals surface area contributed by atoms with Crippen molar-refractivity contribution in [2.45, 2.75) is 257 Å². The number of alkyl halides is 27. The summed E-state index contributed by atoms with van der Waals surface area (Å²) in [6, 6.07) is 0. The zero-order valence-corrected chi connectivity index (χ0v) is 46.5. The maximum atomic E-state index is 12.1. The molecule has 0 rings (SSSR count). The number of rotatable bonds is 16. The lowest BCUT2D eigenvalue weighted by molar-refractivity contribution is -0.288. The normalized spacial score (nSPS) is 14.6. The van der Waals surface area contributed by atoms with E-state index in [-0.39, 0.29) is 36.5 Å². The van der Waals surface area contributed by atoms with Crippen LogP contribution >= 0.6 is 0 Å². The van der Waals surface area contributed by atoms with Crippen molar-refractivity contribution in [1.29, 1.82) is 0 Å². The van der Waals surface area contributed by atoms with E-state index in [1.807, 2.05) is 6.92 Å². The van der Waals surface area contributed by atoms with Crippen LogP contribution in [0.4, 0.5) is 119 Å². The zero-order valence-electron chi connectivity index (χ0n) is 46.5. The van der Waals surface area contributed by atoms with Crippen LogP contribution < -0.4 is 0 Å². The molecule has 0 amide bonds. The fourth-order valence-corrected chi connectivity index (χ4v) is 5.51. The van der Waals surface area contributed by atoms with Gasteiger partial charge in [-0.05, 0) is 48.9 Å². The summed E-state index contributed by atoms with van der Waals surface area (Å²) in [5, 5.41) is 0. The van der Waals surface area contributed by atoms with Gasteiger partial charge in [0.15, 0.2) is 11.8 Å². The monoisotopic (exact) mass is 1190 g/mol. The Morgan fingerprint density at radius 1 is 0.368 bits per heavy atom. The van der Waals surface area contributed by atoms with Crippen molar-refractivity contribution >= 4 is 0 Å². The number of halogens is 27. The fraction of sp³-hybridized carbons (Fsp3) is 1.00. The smallest absolute Gasteiger partial charge is 0.171 e. The molecule has 76 heavy (non-hydrogen) atoms. The third-order valence-electron chi connectivity index (χ3n) is 12.0. The van der Waals surface area contributed by atoms with Crippen molar-refractivity contribution < 1.29 is 119 Å². The predicted octanol–water partition coefficient (Wildman–Crippen LogP) is 24.3. The van der Waals surface area contributed by atoms with Crippen molar-refractivity contribution in [3.05, 3.63) is 0 Å². The van der Waals surface area contributed by atoms with Crippen molar-refractivity contribution in [2.75, 3.05) is 0 Å². The third kappa shape index (κ3) is 48.1. The van der Waals surface area contributed by atoms with Crippen LogP contribution in [0.3, 0.4) is 0 Å². The molecule has 470 valence electrons. The molecule has 27 heteroatoms. The minimum Gasteiger partial charge on any atom is -0.171 e. The molecule has 0 aromatic heterocycles. The molecule has 0 spiro atoms. The molecular formula is C49H85F27. The van der Waals surface area contributed by atoms with E-state index < -0.39 is 116 Å². The summed E-state index contributed by atoms with van der Waals surface area (Å²) in [6.45, 7) is 25.7. The SMILES string of the molecule is CC(C)C(C)(C)C(F)(F)F.CC(C)CC(C(F)(F)F)C(F)(F)F.CCC(CC)CC(F)(F)F.CCCC(C)(C)C(F)(F)F.CCCCC(C(F)(F)F)C(F)(F)F.CCC[C@H](C)CC(F)(F)F.CC[C@H](C)C(C)C(F)(F)F. The van der Waals surface area contributed by atoms with Gasteiger partial charge in [0, 0.05) is 12.8 Å². The van der Waals surface area contributed by atoms with Gasteiger partial charge in [0.1, 0.15) is 0 Å². The van der Waals surface area contributed by atoms with Crippen LogP contribution in [0.1, 0.15) is 201 Å². The van der Waals surface area contributed by atoms with Gasteiger partial charge in [-0.3, -0.25) is 0 Å². The molecule has 0 N–H and O–H groups in total. The number of hydrogen-bond donors (Lipinski definition) is 0. The summed E-state index contributed by atoms with van der Waals surface area (Å²) < 4.78 is 320. The molecule has 0 heterocycles. The molecule has 0 saturated carbocycles. The van der Waals surface area contributed by atoms with Crippen LogP contribution in [-0.2, 0) is 0 Å². The highest BCUT2D eigenvalue weighted by Gasteiger charge is 2.57. The molecule has 0 aliphatic heterocycles. The highest BCUT2D eigenvalue weighted by molar-refractivity contribution is 4.80. The van der Waals surface area contributed by atoms with E-state index in [0.29, 0.717) is 38.5 Å². The molecule has 1 unspecified atom stereocenters. The summed E-state index contributed by atoms with van der Waals surface area (Å²) in [5.41, 5.74) is -3.07. The lowest BCUT2D eigenvalue weighted by Gasteiger charge is -2.31. The summed E-state index contributed by atoms with van der Waals surface area (Å²) in [5.74, 6) is -9.19. The maximum Gasteiger partial charge on any atom is 0.400 e. The molecule has 0 bridgehead atoms. The average Bonchev–Trinajstić information content (AvgIpc) is 3.16. The van der Waals surface area contributed by atoms with Gasteiger partial charge >= 0.3 is 55.6 Å². The maximum absolute atomic E-state index is 12.1. The van der Waals surface area contributed by atoms with Crippen molar-refractivity contribution in [3.63, 3.8) is 0 Å². The average molecular weight is 1190 g/mol. The Morgan fingerprint density at radius 2 is 0.724 bits per heavy atom. The van der Waals surface area contributed by atoms with Gasteiger partial charge in [0.2, 0.25) is 0 Å². The Hall–Kier alpha value is -1.89. The highest BCUT2D eigenvalue weighted by atomic mass is 19.4. The molecule has 3 atom stereocenters. The predicted molar refractivity (Wildman–Crippen MR) is 244 cm³/mol. The van der Waals surface area contributed by atoms with Crippen molar-refractivity contribution in [3.8, 4) is 0 Å². The molecule has 0 fully saturated rings. The first-order valence-corrected chi connectivity index (χ1v) is 24.7. The van der Waals surface area contributed by atoms with E-state index >= 15 is 0 Å². The summed E-state index contributed by atoms with van der Waals surface area (Å²) in [6.07, 6.45) is -39.5. The van der Waals surface area contributed by atoms with Crippen LogP contribution in [0.25, 0.3) is 0 Å². The molecular weight excluding hydrogens is 1100 g/mol. The highest BCUT2D eigenvalue weighted by Crippen LogP contribution is 2.45. The number of hydrogen-bond acceptors (Lipinski definition) is 0. The largest absolute Gasteiger partial charge is 0.400 e. The lowest BCUT2D eigenvalue weighted by atomic mass is 9.81. The van der Waals surface area contributed by atoms with Gasteiger partial charge < -0.3 is 0 Å². The summed E-state index contributed by atoms with van der Waals surface area (Å²) in [4.78, 5) is 0. The Morgan fingerprint density at radius 3 is 0.855 bits per heavy atom. The topological polar surface area (TPSA) is 0 Å². The quantitative estimate of drug-likeness (QED) is 0.135. The molecule has 0 radical (unpaired) electrons. The second kappa shape index (κ2) is 37.2. The first-order chi connectivity index (χ1) is 33.1. The van der Waals surface area contributed by atoms with Gasteiger partial charge in [0.25, 0.3) is 0 Å². The van der Waals surface area contributed by atoms with Crippen LogP contribution in [0.15, 0.2) is 0 Å². The molecule has 0 saturated heterocycles. The molecule has 0 aromatic rings. The molecule has 0 aliphatic carbocycles. The van der Waals surface area contributed by atoms with E-state index in [2.05, 4.69) is 0 Å². The minimum absolute atomic E-state index is 0.0658. The third-order valence-corrected chi connectivity index (χ3v) is 12.0. The van der Waals surface area contributed by atoms with Crippen LogP contribution in [0, 0.1) is 58.2 Å². The van der Waals surface area contributed by atoms with Gasteiger partial charge in [-0.2, -0.15) is 119 Å². The van der Waals surface area contributed by atoms with Crippen molar-refractivity contribution in [1.82, 2.24) is 0 Å². The van der Waals surface area contributed by atoms with E-state index in [1.54, 1.807) is 62.3 Å². The Labute approximate surface area is 433 Å². The summed E-state index contributed by atoms with van der Waals surface area (Å²) >= 11 is 0. The lowest BCUT2D eigenvalue weighted by Crippen LogP contribution is -2.37. The Bertz CT molecular complexity index is 1320. The molecule has 0 aromatic carbocycles.